The molecule has 1 N–H and O–H groups in total. The lowest BCUT2D eigenvalue weighted by Gasteiger charge is -2.36. The molecule has 0 aromatic carbocycles. The standard InChI is InChI=1S/C13H28O3Si/c1-7-8-11(12(14)15)9-10-16-17(5,6)13(2,3)4/h11H,7-10H2,1-6H3,(H,14,15). The molecule has 4 heteroatoms. The van der Waals surface area contributed by atoms with Crippen LogP contribution in [-0.4, -0.2) is 26.0 Å². The van der Waals surface area contributed by atoms with Crippen molar-refractivity contribution in [2.45, 2.75) is 65.1 Å². The Labute approximate surface area is 107 Å². The van der Waals surface area contributed by atoms with Crippen LogP contribution in [0.2, 0.25) is 18.1 Å². The van der Waals surface area contributed by atoms with E-state index in [2.05, 4.69) is 33.9 Å². The van der Waals surface area contributed by atoms with Gasteiger partial charge in [-0.25, -0.2) is 0 Å². The van der Waals surface area contributed by atoms with Crippen molar-refractivity contribution in [1.82, 2.24) is 0 Å². The van der Waals surface area contributed by atoms with Crippen LogP contribution >= 0.6 is 0 Å². The Kier molecular flexibility index (Phi) is 6.41. The molecule has 0 amide bonds. The van der Waals surface area contributed by atoms with E-state index in [1.165, 1.54) is 0 Å². The van der Waals surface area contributed by atoms with Gasteiger partial charge in [-0.1, -0.05) is 34.1 Å². The summed E-state index contributed by atoms with van der Waals surface area (Å²) in [5.74, 6) is -0.935. The van der Waals surface area contributed by atoms with Crippen LogP contribution in [0.4, 0.5) is 0 Å². The fraction of sp³-hybridized carbons (Fsp3) is 0.923. The van der Waals surface area contributed by atoms with Gasteiger partial charge in [0.05, 0.1) is 5.92 Å². The zero-order chi connectivity index (χ0) is 13.7. The van der Waals surface area contributed by atoms with E-state index in [1.54, 1.807) is 0 Å². The van der Waals surface area contributed by atoms with Crippen molar-refractivity contribution in [3.05, 3.63) is 0 Å². The Hall–Kier alpha value is -0.353. The fourth-order valence-electron chi connectivity index (χ4n) is 1.41. The highest BCUT2D eigenvalue weighted by Gasteiger charge is 2.37. The van der Waals surface area contributed by atoms with Gasteiger partial charge >= 0.3 is 5.97 Å². The third kappa shape index (κ3) is 5.68. The van der Waals surface area contributed by atoms with Crippen molar-refractivity contribution in [3.8, 4) is 0 Å². The van der Waals surface area contributed by atoms with Crippen molar-refractivity contribution in [2.24, 2.45) is 5.92 Å². The highest BCUT2D eigenvalue weighted by atomic mass is 28.4. The number of hydrogen-bond acceptors (Lipinski definition) is 2. The van der Waals surface area contributed by atoms with Gasteiger partial charge in [0.15, 0.2) is 8.32 Å². The molecule has 0 aliphatic carbocycles. The molecule has 0 aliphatic rings. The predicted molar refractivity (Wildman–Crippen MR) is 73.8 cm³/mol. The monoisotopic (exact) mass is 260 g/mol. The number of aliphatic carboxylic acids is 1. The first-order valence-electron chi connectivity index (χ1n) is 6.48. The molecule has 0 saturated carbocycles. The first-order chi connectivity index (χ1) is 7.62. The summed E-state index contributed by atoms with van der Waals surface area (Å²) >= 11 is 0. The Bertz CT molecular complexity index is 244. The van der Waals surface area contributed by atoms with E-state index in [0.29, 0.717) is 13.0 Å². The summed E-state index contributed by atoms with van der Waals surface area (Å²) in [6.07, 6.45) is 2.29. The Balaban J connectivity index is 4.17. The lowest BCUT2D eigenvalue weighted by molar-refractivity contribution is -0.142. The van der Waals surface area contributed by atoms with Gasteiger partial charge in [0.25, 0.3) is 0 Å². The van der Waals surface area contributed by atoms with Gasteiger partial charge in [-0.2, -0.15) is 0 Å². The van der Waals surface area contributed by atoms with Crippen LogP contribution in [0.3, 0.4) is 0 Å². The smallest absolute Gasteiger partial charge is 0.306 e. The maximum absolute atomic E-state index is 11.0. The van der Waals surface area contributed by atoms with Gasteiger partial charge < -0.3 is 9.53 Å². The first kappa shape index (κ1) is 16.6. The molecule has 102 valence electrons. The van der Waals surface area contributed by atoms with Crippen LogP contribution in [0.15, 0.2) is 0 Å². The minimum Gasteiger partial charge on any atom is -0.481 e. The molecule has 0 radical (unpaired) electrons. The Morgan fingerprint density at radius 1 is 1.29 bits per heavy atom. The van der Waals surface area contributed by atoms with Gasteiger partial charge in [-0.15, -0.1) is 0 Å². The van der Waals surface area contributed by atoms with Crippen LogP contribution in [0.25, 0.3) is 0 Å². The summed E-state index contributed by atoms with van der Waals surface area (Å²) in [4.78, 5) is 11.0. The molecule has 0 spiro atoms. The van der Waals surface area contributed by atoms with E-state index in [9.17, 15) is 4.79 Å². The maximum atomic E-state index is 11.0. The second-order valence-electron chi connectivity index (χ2n) is 6.22. The summed E-state index contributed by atoms with van der Waals surface area (Å²) in [7, 11) is -1.72. The second kappa shape index (κ2) is 6.54. The fourth-order valence-corrected chi connectivity index (χ4v) is 2.47. The highest BCUT2D eigenvalue weighted by molar-refractivity contribution is 6.74. The van der Waals surface area contributed by atoms with Crippen molar-refractivity contribution >= 4 is 14.3 Å². The van der Waals surface area contributed by atoms with E-state index in [4.69, 9.17) is 9.53 Å². The van der Waals surface area contributed by atoms with Crippen molar-refractivity contribution in [3.63, 3.8) is 0 Å². The average Bonchev–Trinajstić information content (AvgIpc) is 2.14. The van der Waals surface area contributed by atoms with E-state index in [0.717, 1.165) is 12.8 Å². The quantitative estimate of drug-likeness (QED) is 0.706. The van der Waals surface area contributed by atoms with Crippen LogP contribution in [-0.2, 0) is 9.22 Å². The molecule has 0 bridgehead atoms. The minimum atomic E-state index is -1.72. The van der Waals surface area contributed by atoms with Gasteiger partial charge in [0.1, 0.15) is 0 Å². The molecule has 0 saturated heterocycles. The summed E-state index contributed by atoms with van der Waals surface area (Å²) in [6.45, 7) is 13.6. The minimum absolute atomic E-state index is 0.191. The zero-order valence-corrected chi connectivity index (χ0v) is 13.2. The molecule has 17 heavy (non-hydrogen) atoms. The molecule has 0 aromatic heterocycles. The predicted octanol–water partition coefficient (Wildman–Crippen LogP) is 3.90. The molecular formula is C13H28O3Si. The second-order valence-corrected chi connectivity index (χ2v) is 11.0. The van der Waals surface area contributed by atoms with Gasteiger partial charge in [-0.05, 0) is 31.0 Å². The number of carboxylic acids is 1. The first-order valence-corrected chi connectivity index (χ1v) is 9.39. The van der Waals surface area contributed by atoms with Gasteiger partial charge in [-0.3, -0.25) is 4.79 Å². The molecule has 0 aromatic rings. The third-order valence-corrected chi connectivity index (χ3v) is 8.26. The summed E-state index contributed by atoms with van der Waals surface area (Å²) in [5.41, 5.74) is 0. The van der Waals surface area contributed by atoms with Crippen molar-refractivity contribution < 1.29 is 14.3 Å². The number of carbonyl (C=O) groups is 1. The number of hydrogen-bond donors (Lipinski definition) is 1. The Morgan fingerprint density at radius 2 is 1.82 bits per heavy atom. The Morgan fingerprint density at radius 3 is 2.18 bits per heavy atom. The SMILES string of the molecule is CCCC(CCO[Si](C)(C)C(C)(C)C)C(=O)O. The van der Waals surface area contributed by atoms with Gasteiger partial charge in [0.2, 0.25) is 0 Å². The van der Waals surface area contributed by atoms with Crippen molar-refractivity contribution in [1.29, 1.82) is 0 Å². The number of carboxylic acid groups (broad SMARTS) is 1. The summed E-state index contributed by atoms with van der Waals surface area (Å²) < 4.78 is 6.00. The number of rotatable bonds is 7. The molecule has 3 nitrogen and oxygen atoms in total. The average molecular weight is 260 g/mol. The topological polar surface area (TPSA) is 46.5 Å². The van der Waals surface area contributed by atoms with Crippen molar-refractivity contribution in [2.75, 3.05) is 6.61 Å². The van der Waals surface area contributed by atoms with Gasteiger partial charge in [0, 0.05) is 6.61 Å². The largest absolute Gasteiger partial charge is 0.481 e. The van der Waals surface area contributed by atoms with E-state index < -0.39 is 14.3 Å². The summed E-state index contributed by atoms with van der Waals surface area (Å²) in [6, 6.07) is 0. The molecule has 1 unspecified atom stereocenters. The highest BCUT2D eigenvalue weighted by Crippen LogP contribution is 2.36. The van der Waals surface area contributed by atoms with Crippen LogP contribution in [0, 0.1) is 5.92 Å². The zero-order valence-electron chi connectivity index (χ0n) is 12.2. The lowest BCUT2D eigenvalue weighted by Crippen LogP contribution is -2.41. The van der Waals surface area contributed by atoms with Crippen LogP contribution < -0.4 is 0 Å². The van der Waals surface area contributed by atoms with E-state index in [1.807, 2.05) is 6.92 Å². The molecule has 0 heterocycles. The summed E-state index contributed by atoms with van der Waals surface area (Å²) in [5, 5.41) is 9.24. The van der Waals surface area contributed by atoms with E-state index >= 15 is 0 Å². The molecule has 0 rings (SSSR count). The lowest BCUT2D eigenvalue weighted by atomic mass is 10.0. The molecule has 0 fully saturated rings. The van der Waals surface area contributed by atoms with E-state index in [-0.39, 0.29) is 11.0 Å². The molecular weight excluding hydrogens is 232 g/mol. The van der Waals surface area contributed by atoms with Crippen LogP contribution in [0.1, 0.15) is 47.0 Å². The third-order valence-electron chi connectivity index (χ3n) is 3.72. The molecule has 0 aliphatic heterocycles. The molecule has 1 atom stereocenters. The maximum Gasteiger partial charge on any atom is 0.306 e. The normalized spacial score (nSPS) is 14.7. The van der Waals surface area contributed by atoms with Crippen LogP contribution in [0.5, 0.6) is 0 Å².